The largest absolute Gasteiger partial charge is 0.337 e. The summed E-state index contributed by atoms with van der Waals surface area (Å²) in [6, 6.07) is 1.91. The molecule has 1 amide bonds. The van der Waals surface area contributed by atoms with Crippen LogP contribution in [0, 0.1) is 0 Å². The van der Waals surface area contributed by atoms with Crippen molar-refractivity contribution in [1.82, 2.24) is 14.7 Å². The molecule has 2 heterocycles. The van der Waals surface area contributed by atoms with E-state index >= 15 is 0 Å². The van der Waals surface area contributed by atoms with Gasteiger partial charge >= 0.3 is 0 Å². The Morgan fingerprint density at radius 2 is 1.87 bits per heavy atom. The summed E-state index contributed by atoms with van der Waals surface area (Å²) < 4.78 is 26.7. The molecular formula is C16H25N3O3S. The monoisotopic (exact) mass is 339 g/mol. The molecule has 128 valence electrons. The van der Waals surface area contributed by atoms with Gasteiger partial charge in [0.1, 0.15) is 5.75 Å². The number of nitrogens with zero attached hydrogens (tertiary/aromatic N) is 3. The first-order valence-electron chi connectivity index (χ1n) is 8.55. The van der Waals surface area contributed by atoms with Gasteiger partial charge in [-0.15, -0.1) is 0 Å². The van der Waals surface area contributed by atoms with Gasteiger partial charge in [0, 0.05) is 18.9 Å². The highest BCUT2D eigenvalue weighted by molar-refractivity contribution is 7.92. The van der Waals surface area contributed by atoms with Crippen molar-refractivity contribution in [1.29, 1.82) is 0 Å². The van der Waals surface area contributed by atoms with Crippen LogP contribution in [0.3, 0.4) is 0 Å². The second-order valence-electron chi connectivity index (χ2n) is 6.68. The molecule has 0 spiro atoms. The van der Waals surface area contributed by atoms with E-state index < -0.39 is 9.84 Å². The summed E-state index contributed by atoms with van der Waals surface area (Å²) in [6.45, 7) is 1.30. The fraction of sp³-hybridized carbons (Fsp3) is 0.750. The first-order chi connectivity index (χ1) is 11.1. The van der Waals surface area contributed by atoms with E-state index in [0.29, 0.717) is 25.9 Å². The van der Waals surface area contributed by atoms with E-state index in [1.165, 1.54) is 0 Å². The summed E-state index contributed by atoms with van der Waals surface area (Å²) in [7, 11) is -3.31. The zero-order valence-electron chi connectivity index (χ0n) is 13.4. The molecule has 0 radical (unpaired) electrons. The quantitative estimate of drug-likeness (QED) is 0.817. The standard InChI is InChI=1S/C16H25N3O3S/c20-16(13-23(21,22)15-7-1-2-8-15)19-11-4-3-6-14(19)12-18-10-5-9-17-18/h5,9-10,14-15H,1-4,6-8,11-13H2. The van der Waals surface area contributed by atoms with Gasteiger partial charge in [-0.3, -0.25) is 9.48 Å². The first kappa shape index (κ1) is 16.5. The van der Waals surface area contributed by atoms with Gasteiger partial charge in [-0.25, -0.2) is 8.42 Å². The van der Waals surface area contributed by atoms with E-state index in [2.05, 4.69) is 5.10 Å². The van der Waals surface area contributed by atoms with E-state index in [1.807, 2.05) is 16.9 Å². The average Bonchev–Trinajstić information content (AvgIpc) is 3.21. The molecule has 1 saturated heterocycles. The Morgan fingerprint density at radius 1 is 1.13 bits per heavy atom. The molecule has 1 aromatic rings. The maximum absolute atomic E-state index is 12.6. The molecule has 3 rings (SSSR count). The summed E-state index contributed by atoms with van der Waals surface area (Å²) in [6.07, 6.45) is 9.89. The Hall–Kier alpha value is -1.37. The molecule has 2 fully saturated rings. The summed E-state index contributed by atoms with van der Waals surface area (Å²) in [5.41, 5.74) is 0. The highest BCUT2D eigenvalue weighted by Gasteiger charge is 2.34. The molecular weight excluding hydrogens is 314 g/mol. The van der Waals surface area contributed by atoms with Crippen molar-refractivity contribution < 1.29 is 13.2 Å². The number of likely N-dealkylation sites (tertiary alicyclic amines) is 1. The zero-order chi connectivity index (χ0) is 16.3. The third kappa shape index (κ3) is 3.94. The zero-order valence-corrected chi connectivity index (χ0v) is 14.2. The molecule has 7 heteroatoms. The molecule has 1 saturated carbocycles. The summed E-state index contributed by atoms with van der Waals surface area (Å²) >= 11 is 0. The van der Waals surface area contributed by atoms with Crippen molar-refractivity contribution in [3.8, 4) is 0 Å². The Bertz CT molecular complexity index is 621. The maximum atomic E-state index is 12.6. The first-order valence-corrected chi connectivity index (χ1v) is 10.3. The fourth-order valence-corrected chi connectivity index (χ4v) is 5.56. The van der Waals surface area contributed by atoms with Gasteiger partial charge in [0.15, 0.2) is 9.84 Å². The Morgan fingerprint density at radius 3 is 2.57 bits per heavy atom. The SMILES string of the molecule is O=C(CS(=O)(=O)C1CCCC1)N1CCCCC1Cn1cccn1. The van der Waals surface area contributed by atoms with Crippen LogP contribution in [0.2, 0.25) is 0 Å². The molecule has 1 aliphatic carbocycles. The van der Waals surface area contributed by atoms with Crippen LogP contribution in [0.4, 0.5) is 0 Å². The van der Waals surface area contributed by atoms with Crippen molar-refractivity contribution in [2.24, 2.45) is 0 Å². The normalized spacial score (nSPS) is 23.3. The summed E-state index contributed by atoms with van der Waals surface area (Å²) in [5.74, 6) is -0.554. The van der Waals surface area contributed by atoms with Gasteiger partial charge in [-0.05, 0) is 38.2 Å². The number of aromatic nitrogens is 2. The van der Waals surface area contributed by atoms with Crippen LogP contribution < -0.4 is 0 Å². The van der Waals surface area contributed by atoms with Crippen molar-refractivity contribution in [3.05, 3.63) is 18.5 Å². The molecule has 1 aromatic heterocycles. The molecule has 1 unspecified atom stereocenters. The van der Waals surface area contributed by atoms with Gasteiger partial charge in [-0.1, -0.05) is 12.8 Å². The van der Waals surface area contributed by atoms with E-state index in [9.17, 15) is 13.2 Å². The molecule has 2 aliphatic rings. The van der Waals surface area contributed by atoms with Gasteiger partial charge in [0.05, 0.1) is 17.8 Å². The van der Waals surface area contributed by atoms with Gasteiger partial charge in [-0.2, -0.15) is 5.10 Å². The molecule has 1 aliphatic heterocycles. The third-order valence-electron chi connectivity index (χ3n) is 5.04. The van der Waals surface area contributed by atoms with Crippen molar-refractivity contribution in [2.45, 2.75) is 62.8 Å². The van der Waals surface area contributed by atoms with Crippen LogP contribution in [0.15, 0.2) is 18.5 Å². The predicted molar refractivity (Wildman–Crippen MR) is 87.6 cm³/mol. The van der Waals surface area contributed by atoms with E-state index in [1.54, 1.807) is 11.1 Å². The minimum Gasteiger partial charge on any atom is -0.337 e. The van der Waals surface area contributed by atoms with Crippen LogP contribution in [0.1, 0.15) is 44.9 Å². The van der Waals surface area contributed by atoms with Crippen LogP contribution in [-0.2, 0) is 21.2 Å². The molecule has 23 heavy (non-hydrogen) atoms. The van der Waals surface area contributed by atoms with Gasteiger partial charge in [0.2, 0.25) is 5.91 Å². The second kappa shape index (κ2) is 7.03. The highest BCUT2D eigenvalue weighted by Crippen LogP contribution is 2.26. The number of amides is 1. The lowest BCUT2D eigenvalue weighted by Crippen LogP contribution is -2.48. The molecule has 0 bridgehead atoms. The van der Waals surface area contributed by atoms with Crippen molar-refractivity contribution >= 4 is 15.7 Å². The predicted octanol–water partition coefficient (Wildman–Crippen LogP) is 1.62. The van der Waals surface area contributed by atoms with E-state index in [-0.39, 0.29) is 23.0 Å². The van der Waals surface area contributed by atoms with Crippen LogP contribution in [0.5, 0.6) is 0 Å². The summed E-state index contributed by atoms with van der Waals surface area (Å²) in [5, 5.41) is 3.90. The van der Waals surface area contributed by atoms with Gasteiger partial charge in [0.25, 0.3) is 0 Å². The van der Waals surface area contributed by atoms with Crippen molar-refractivity contribution in [3.63, 3.8) is 0 Å². The number of hydrogen-bond acceptors (Lipinski definition) is 4. The minimum absolute atomic E-state index is 0.0509. The average molecular weight is 339 g/mol. The van der Waals surface area contributed by atoms with Crippen LogP contribution in [0.25, 0.3) is 0 Å². The second-order valence-corrected chi connectivity index (χ2v) is 8.96. The maximum Gasteiger partial charge on any atom is 0.238 e. The lowest BCUT2D eigenvalue weighted by molar-refractivity contribution is -0.132. The van der Waals surface area contributed by atoms with Gasteiger partial charge < -0.3 is 4.90 Å². The smallest absolute Gasteiger partial charge is 0.238 e. The van der Waals surface area contributed by atoms with Crippen LogP contribution >= 0.6 is 0 Å². The van der Waals surface area contributed by atoms with E-state index in [4.69, 9.17) is 0 Å². The minimum atomic E-state index is -3.31. The van der Waals surface area contributed by atoms with Crippen molar-refractivity contribution in [2.75, 3.05) is 12.3 Å². The number of carbonyl (C=O) groups excluding carboxylic acids is 1. The Kier molecular flexibility index (Phi) is 5.04. The van der Waals surface area contributed by atoms with E-state index in [0.717, 1.165) is 32.1 Å². The molecule has 6 nitrogen and oxygen atoms in total. The molecule has 0 N–H and O–H groups in total. The van der Waals surface area contributed by atoms with Crippen LogP contribution in [-0.4, -0.2) is 52.6 Å². The Labute approximate surface area is 137 Å². The number of carbonyl (C=O) groups is 1. The number of piperidine rings is 1. The molecule has 1 atom stereocenters. The summed E-state index contributed by atoms with van der Waals surface area (Å²) in [4.78, 5) is 14.4. The lowest BCUT2D eigenvalue weighted by atomic mass is 10.0. The topological polar surface area (TPSA) is 72.3 Å². The Balaban J connectivity index is 1.66. The lowest BCUT2D eigenvalue weighted by Gasteiger charge is -2.36. The number of sulfone groups is 1. The molecule has 0 aromatic carbocycles. The third-order valence-corrected chi connectivity index (χ3v) is 7.18. The number of rotatable bonds is 5. The highest BCUT2D eigenvalue weighted by atomic mass is 32.2. The number of hydrogen-bond donors (Lipinski definition) is 0. The fourth-order valence-electron chi connectivity index (χ4n) is 3.76.